The first-order chi connectivity index (χ1) is 6.78. The Balaban J connectivity index is 0. The van der Waals surface area contributed by atoms with Crippen LogP contribution in [0.4, 0.5) is 30.9 Å². The molecule has 2 nitrogen and oxygen atoms in total. The molecular formula is C7H11F6N2P. The molecule has 1 aromatic rings. The standard InChI is InChI=1S/C7H10N2.F6P/c8-5-6-2-1-3-7(9)4-6;1-7(2,3,4,5)6/h1-4H,5,8-9H2;/q;-1/p+1. The zero-order chi connectivity index (χ0) is 13.1. The summed E-state index contributed by atoms with van der Waals surface area (Å²) in [6.45, 7) is 0.561. The Bertz CT molecular complexity index is 353. The second kappa shape index (κ2) is 3.78. The topological polar surface area (TPSA) is 52.0 Å². The minimum Gasteiger partial charge on any atom is -0.399 e. The first kappa shape index (κ1) is 15.0. The molecule has 0 spiro atoms. The van der Waals surface area contributed by atoms with Crippen LogP contribution in [0.15, 0.2) is 24.3 Å². The number of hydrogen-bond acceptors (Lipinski definition) is 2. The molecule has 4 N–H and O–H groups in total. The second-order valence-corrected chi connectivity index (χ2v) is 4.82. The van der Waals surface area contributed by atoms with Gasteiger partial charge in [0.1, 0.15) is 0 Å². The van der Waals surface area contributed by atoms with E-state index in [-0.39, 0.29) is 1.43 Å². The van der Waals surface area contributed by atoms with Gasteiger partial charge < -0.3 is 11.5 Å². The van der Waals surface area contributed by atoms with Crippen molar-refractivity contribution in [2.75, 3.05) is 5.73 Å². The van der Waals surface area contributed by atoms with E-state index in [2.05, 4.69) is 0 Å². The third-order valence-corrected chi connectivity index (χ3v) is 1.19. The van der Waals surface area contributed by atoms with Crippen LogP contribution in [0.3, 0.4) is 0 Å². The summed E-state index contributed by atoms with van der Waals surface area (Å²) in [7, 11) is -10.7. The van der Waals surface area contributed by atoms with Crippen LogP contribution < -0.4 is 11.5 Å². The Morgan fingerprint density at radius 1 is 1.06 bits per heavy atom. The molecule has 0 aliphatic carbocycles. The predicted octanol–water partition coefficient (Wildman–Crippen LogP) is 4.22. The normalized spacial score (nSPS) is 15.4. The molecule has 1 aromatic carbocycles. The van der Waals surface area contributed by atoms with Crippen LogP contribution in [0.2, 0.25) is 0 Å². The monoisotopic (exact) mass is 268 g/mol. The van der Waals surface area contributed by atoms with Crippen molar-refractivity contribution in [3.8, 4) is 0 Å². The maximum Gasteiger partial charge on any atom is 1.00 e. The summed E-state index contributed by atoms with van der Waals surface area (Å²) < 4.78 is 59.2. The Hall–Kier alpha value is -1.01. The van der Waals surface area contributed by atoms with Gasteiger partial charge in [0.15, 0.2) is 0 Å². The molecule has 96 valence electrons. The van der Waals surface area contributed by atoms with Crippen molar-refractivity contribution in [1.82, 2.24) is 0 Å². The van der Waals surface area contributed by atoms with Crippen LogP contribution in [0.5, 0.6) is 0 Å². The first-order valence-corrected chi connectivity index (χ1v) is 5.91. The number of nitrogen functional groups attached to an aromatic ring is 1. The van der Waals surface area contributed by atoms with E-state index in [1.165, 1.54) is 0 Å². The van der Waals surface area contributed by atoms with Gasteiger partial charge in [-0.2, -0.15) is 0 Å². The van der Waals surface area contributed by atoms with E-state index in [0.717, 1.165) is 11.3 Å². The van der Waals surface area contributed by atoms with Gasteiger partial charge in [-0.15, -0.1) is 0 Å². The summed E-state index contributed by atoms with van der Waals surface area (Å²) in [5.41, 5.74) is 12.7. The van der Waals surface area contributed by atoms with E-state index in [1.807, 2.05) is 24.3 Å². The molecule has 0 radical (unpaired) electrons. The number of rotatable bonds is 1. The first-order valence-electron chi connectivity index (χ1n) is 3.89. The summed E-state index contributed by atoms with van der Waals surface area (Å²) in [5, 5.41) is 0. The van der Waals surface area contributed by atoms with E-state index in [9.17, 15) is 25.2 Å². The zero-order valence-electron chi connectivity index (χ0n) is 8.89. The van der Waals surface area contributed by atoms with Crippen molar-refractivity contribution in [3.05, 3.63) is 29.8 Å². The van der Waals surface area contributed by atoms with E-state index in [1.54, 1.807) is 0 Å². The molecular weight excluding hydrogens is 257 g/mol. The van der Waals surface area contributed by atoms with Crippen molar-refractivity contribution >= 4 is 13.5 Å². The third-order valence-electron chi connectivity index (χ3n) is 1.19. The minimum absolute atomic E-state index is 0. The van der Waals surface area contributed by atoms with Gasteiger partial charge >= 0.3 is 34.4 Å². The molecule has 0 unspecified atom stereocenters. The second-order valence-electron chi connectivity index (χ2n) is 2.91. The van der Waals surface area contributed by atoms with Crippen LogP contribution in [0.25, 0.3) is 0 Å². The number of anilines is 1. The van der Waals surface area contributed by atoms with Crippen LogP contribution >= 0.6 is 7.81 Å². The average molecular weight is 268 g/mol. The molecule has 0 heterocycles. The molecule has 0 atom stereocenters. The molecule has 16 heavy (non-hydrogen) atoms. The smallest absolute Gasteiger partial charge is 0.399 e. The van der Waals surface area contributed by atoms with Gasteiger partial charge in [-0.05, 0) is 17.7 Å². The van der Waals surface area contributed by atoms with Crippen LogP contribution in [-0.2, 0) is 6.54 Å². The van der Waals surface area contributed by atoms with E-state index in [4.69, 9.17) is 11.5 Å². The van der Waals surface area contributed by atoms with Gasteiger partial charge in [0, 0.05) is 12.2 Å². The van der Waals surface area contributed by atoms with Gasteiger partial charge in [0.05, 0.1) is 0 Å². The molecule has 0 aliphatic heterocycles. The summed E-state index contributed by atoms with van der Waals surface area (Å²) >= 11 is 0. The minimum atomic E-state index is -10.7. The van der Waals surface area contributed by atoms with Crippen molar-refractivity contribution in [2.24, 2.45) is 5.73 Å². The number of nitrogens with two attached hydrogens (primary N) is 2. The number of benzene rings is 1. The summed E-state index contributed by atoms with van der Waals surface area (Å²) in [6, 6.07) is 7.58. The van der Waals surface area contributed by atoms with Gasteiger partial charge in [0.2, 0.25) is 0 Å². The van der Waals surface area contributed by atoms with Gasteiger partial charge in [-0.1, -0.05) is 12.1 Å². The van der Waals surface area contributed by atoms with E-state index < -0.39 is 7.81 Å². The Kier molecular flexibility index (Phi) is 3.54. The Labute approximate surface area is 88.9 Å². The van der Waals surface area contributed by atoms with Crippen molar-refractivity contribution in [1.29, 1.82) is 0 Å². The van der Waals surface area contributed by atoms with Gasteiger partial charge in [0.25, 0.3) is 0 Å². The molecule has 9 heteroatoms. The van der Waals surface area contributed by atoms with Crippen molar-refractivity contribution in [3.63, 3.8) is 0 Å². The van der Waals surface area contributed by atoms with Crippen LogP contribution in [-0.4, -0.2) is 0 Å². The third kappa shape index (κ3) is 15.5. The molecule has 0 saturated heterocycles. The van der Waals surface area contributed by atoms with Crippen LogP contribution in [0.1, 0.15) is 6.99 Å². The summed E-state index contributed by atoms with van der Waals surface area (Å²) in [4.78, 5) is 0. The molecule has 0 aliphatic rings. The fraction of sp³-hybridized carbons (Fsp3) is 0.143. The van der Waals surface area contributed by atoms with Gasteiger partial charge in [-0.25, -0.2) is 0 Å². The van der Waals surface area contributed by atoms with Crippen LogP contribution in [0, 0.1) is 0 Å². The van der Waals surface area contributed by atoms with Crippen molar-refractivity contribution in [2.45, 2.75) is 6.54 Å². The molecule has 0 aromatic heterocycles. The summed E-state index contributed by atoms with van der Waals surface area (Å²) in [6.07, 6.45) is 0. The maximum absolute atomic E-state index is 10.7. The largest absolute Gasteiger partial charge is 1.00 e. The maximum atomic E-state index is 9.87. The molecule has 1 rings (SSSR count). The molecule has 0 saturated carbocycles. The Morgan fingerprint density at radius 3 is 1.75 bits per heavy atom. The van der Waals surface area contributed by atoms with E-state index in [0.29, 0.717) is 6.54 Å². The average Bonchev–Trinajstić information content (AvgIpc) is 1.98. The van der Waals surface area contributed by atoms with Gasteiger partial charge in [-0.3, -0.25) is 0 Å². The zero-order valence-corrected chi connectivity index (χ0v) is 8.78. The summed E-state index contributed by atoms with van der Waals surface area (Å²) in [5.74, 6) is 0. The molecule has 0 bridgehead atoms. The van der Waals surface area contributed by atoms with Crippen molar-refractivity contribution < 1.29 is 26.6 Å². The van der Waals surface area contributed by atoms with E-state index >= 15 is 0 Å². The predicted molar refractivity (Wildman–Crippen MR) is 53.4 cm³/mol. The molecule has 0 amide bonds. The molecule has 0 fully saturated rings. The number of hydrogen-bond donors (Lipinski definition) is 2. The SMILES string of the molecule is F[P-](F)(F)(F)(F)F.NCc1cccc(N)c1.[H+]. The fourth-order valence-corrected chi connectivity index (χ4v) is 0.720. The fourth-order valence-electron chi connectivity index (χ4n) is 0.720. The number of halogens is 6. The quantitative estimate of drug-likeness (QED) is 0.455. The Morgan fingerprint density at radius 2 is 1.50 bits per heavy atom.